The van der Waals surface area contributed by atoms with E-state index in [4.69, 9.17) is 91.4 Å². The van der Waals surface area contributed by atoms with E-state index in [0.717, 1.165) is 11.1 Å². The van der Waals surface area contributed by atoms with Crippen LogP contribution in [0, 0.1) is 0 Å². The first-order chi connectivity index (χ1) is 19.0. The second-order valence-electron chi connectivity index (χ2n) is 8.64. The molecule has 4 saturated heterocycles. The molecule has 4 aliphatic heterocycles. The fourth-order valence-electron chi connectivity index (χ4n) is 3.82. The van der Waals surface area contributed by atoms with Crippen LogP contribution in [0.3, 0.4) is 0 Å². The van der Waals surface area contributed by atoms with E-state index in [1.807, 2.05) is 31.2 Å². The molecule has 4 fully saturated rings. The minimum atomic E-state index is -2.12. The van der Waals surface area contributed by atoms with Gasteiger partial charge in [0.1, 0.15) is 0 Å². The minimum absolute atomic E-state index is 0.124. The molecular formula is C13H32I2N15O11+5. The third-order valence-corrected chi connectivity index (χ3v) is 7.79. The van der Waals surface area contributed by atoms with Crippen LogP contribution in [0.15, 0.2) is 30.8 Å². The molecule has 8 unspecified atom stereocenters. The average Bonchev–Trinajstić information content (AvgIpc) is 2.79. The summed E-state index contributed by atoms with van der Waals surface area (Å²) in [7, 11) is 1.32. The molecule has 14 N–H and O–H groups in total. The van der Waals surface area contributed by atoms with Crippen LogP contribution in [0.2, 0.25) is 0 Å². The van der Waals surface area contributed by atoms with Gasteiger partial charge in [0.15, 0.2) is 0 Å². The van der Waals surface area contributed by atoms with Crippen molar-refractivity contribution in [2.45, 2.75) is 12.8 Å². The molecule has 1 aromatic rings. The van der Waals surface area contributed by atoms with Gasteiger partial charge in [-0.25, -0.2) is 0 Å². The van der Waals surface area contributed by atoms with Gasteiger partial charge in [-0.3, -0.25) is 0 Å². The second-order valence-corrected chi connectivity index (χ2v) is 12.5. The average molecular weight is 828 g/mol. The maximum absolute atomic E-state index is 6.26. The first kappa shape index (κ1) is 31.8. The molecule has 0 aromatic heterocycles. The van der Waals surface area contributed by atoms with Crippen molar-refractivity contribution in [3.63, 3.8) is 0 Å². The van der Waals surface area contributed by atoms with Crippen molar-refractivity contribution in [2.75, 3.05) is 18.1 Å². The fourth-order valence-corrected chi connectivity index (χ4v) is 5.39. The fraction of sp³-hybridized carbons (Fsp3) is 0.385. The third kappa shape index (κ3) is 6.59. The predicted octanol–water partition coefficient (Wildman–Crippen LogP) is -10.4. The number of hydrazine groups is 1. The van der Waals surface area contributed by atoms with Crippen LogP contribution in [-0.2, 0) is 54.3 Å². The first-order valence-corrected chi connectivity index (χ1v) is 16.0. The Labute approximate surface area is 251 Å². The molecule has 5 rings (SSSR count). The van der Waals surface area contributed by atoms with Gasteiger partial charge in [-0.2, -0.15) is 0 Å². The van der Waals surface area contributed by atoms with E-state index in [2.05, 4.69) is 6.58 Å². The van der Waals surface area contributed by atoms with Crippen LogP contribution in [0.4, 0.5) is 0 Å². The van der Waals surface area contributed by atoms with E-state index in [1.54, 1.807) is 6.08 Å². The predicted molar refractivity (Wildman–Crippen MR) is 106 cm³/mol. The third-order valence-electron chi connectivity index (χ3n) is 5.20. The Morgan fingerprint density at radius 3 is 1.93 bits per heavy atom. The van der Waals surface area contributed by atoms with Gasteiger partial charge >= 0.3 is 252 Å². The van der Waals surface area contributed by atoms with Crippen LogP contribution in [0.5, 0.6) is 0 Å². The number of quaternary nitrogens is 7. The summed E-state index contributed by atoms with van der Waals surface area (Å²) in [5.41, 5.74) is 1.68. The Kier molecular flexibility index (Phi) is 8.35. The molecular weight excluding hydrogens is 796 g/mol. The number of hydrogen-bond acceptors (Lipinski definition) is 19. The van der Waals surface area contributed by atoms with Gasteiger partial charge in [0, 0.05) is 0 Å². The summed E-state index contributed by atoms with van der Waals surface area (Å²) < 4.78 is 10.7. The van der Waals surface area contributed by atoms with Crippen molar-refractivity contribution in [3.05, 3.63) is 42.0 Å². The van der Waals surface area contributed by atoms with E-state index >= 15 is 0 Å². The summed E-state index contributed by atoms with van der Waals surface area (Å²) in [5.74, 6) is 29.9. The van der Waals surface area contributed by atoms with Crippen molar-refractivity contribution >= 4 is 6.08 Å². The van der Waals surface area contributed by atoms with Crippen LogP contribution in [0.1, 0.15) is 24.0 Å². The summed E-state index contributed by atoms with van der Waals surface area (Å²) in [6, 6.07) is 7.41. The second kappa shape index (κ2) is 10.8. The monoisotopic (exact) mass is 828 g/mol. The molecule has 0 amide bonds. The molecule has 4 aliphatic rings. The van der Waals surface area contributed by atoms with E-state index in [0.29, 0.717) is 0 Å². The van der Waals surface area contributed by atoms with E-state index < -0.39 is 82.4 Å². The normalized spacial score (nSPS) is 45.8. The van der Waals surface area contributed by atoms with Gasteiger partial charge in [-0.05, 0) is 0 Å². The van der Waals surface area contributed by atoms with Gasteiger partial charge in [0.25, 0.3) is 0 Å². The zero-order valence-electron chi connectivity index (χ0n) is 21.5. The summed E-state index contributed by atoms with van der Waals surface area (Å²) in [6.07, 6.45) is 1.70. The molecule has 8 atom stereocenters. The summed E-state index contributed by atoms with van der Waals surface area (Å²) in [4.78, 5) is 59.0. The maximum atomic E-state index is 6.26. The molecule has 1 aromatic carbocycles. The zero-order valence-corrected chi connectivity index (χ0v) is 25.8. The summed E-state index contributed by atoms with van der Waals surface area (Å²) >= 11 is -2.97. The number of rotatable bonds is 7. The molecule has 6 bridgehead atoms. The Hall–Kier alpha value is -0.620. The number of hydrogen-bond donors (Lipinski definition) is 7. The van der Waals surface area contributed by atoms with Crippen molar-refractivity contribution in [2.24, 2.45) is 37.1 Å². The van der Waals surface area contributed by atoms with Gasteiger partial charge in [-0.15, -0.1) is 0 Å². The Balaban J connectivity index is 1.69. The van der Waals surface area contributed by atoms with Gasteiger partial charge in [-0.1, -0.05) is 0 Å². The van der Waals surface area contributed by atoms with Gasteiger partial charge in [0.2, 0.25) is 0 Å². The van der Waals surface area contributed by atoms with Crippen LogP contribution in [0.25, 0.3) is 6.08 Å². The summed E-state index contributed by atoms with van der Waals surface area (Å²) in [5, 5.41) is -8.21. The molecule has 0 radical (unpaired) electrons. The van der Waals surface area contributed by atoms with Crippen LogP contribution >= 0.6 is 0 Å². The number of nitrogens with zero attached hydrogens (tertiary/aromatic N) is 8. The molecule has 0 spiro atoms. The molecule has 41 heavy (non-hydrogen) atoms. The number of halogens is 2. The van der Waals surface area contributed by atoms with Crippen LogP contribution in [-0.4, -0.2) is 56.8 Å². The van der Waals surface area contributed by atoms with Crippen molar-refractivity contribution in [1.29, 1.82) is 0 Å². The van der Waals surface area contributed by atoms with Crippen molar-refractivity contribution in [3.8, 4) is 0 Å². The topological polar surface area (TPSA) is 287 Å². The van der Waals surface area contributed by atoms with Gasteiger partial charge < -0.3 is 0 Å². The molecule has 26 nitrogen and oxygen atoms in total. The number of benzene rings is 1. The molecule has 0 aliphatic carbocycles. The first-order valence-electron chi connectivity index (χ1n) is 11.1. The van der Waals surface area contributed by atoms with Crippen LogP contribution < -0.4 is 80.3 Å². The number of hydroxylamine groups is 8. The van der Waals surface area contributed by atoms with E-state index in [1.165, 1.54) is 7.05 Å². The van der Waals surface area contributed by atoms with E-state index in [-0.39, 0.29) is 16.4 Å². The number of fused-ring (bicyclic) bond motifs is 4. The summed E-state index contributed by atoms with van der Waals surface area (Å²) in [6.45, 7) is 5.31. The van der Waals surface area contributed by atoms with E-state index in [9.17, 15) is 0 Å². The Morgan fingerprint density at radius 1 is 0.805 bits per heavy atom. The Morgan fingerprint density at radius 2 is 1.37 bits per heavy atom. The standard InChI is InChI=1S/C13H32I2N15O11/c1-4-12-5-7-13(8-6-12)11(2)9-25-33-24(3,15-17)34-28(20)38-27(19)32-23(18)31-26(35-25,10-14-16)37-30(22,39-27)41-29(21,36-25)40-28/h4-8,11H,1,9-10,16-22H2,2-3H3/q+5. The van der Waals surface area contributed by atoms with Gasteiger partial charge in [0.05, 0.1) is 0 Å². The SMILES string of the molecule is C=Cc1ccc(C(C)C[N+]23O[N+]4(N)O[N+]5(N)O[N+](N)(ON(N)O[N+](C[I-]N)(O5)O2)O[N+](N)(O4)O[N+](C)([I-]N)O3)cc1. The Bertz CT molecular complexity index is 1170. The quantitative estimate of drug-likeness (QED) is 0.0336. The molecule has 28 heteroatoms. The van der Waals surface area contributed by atoms with Crippen molar-refractivity contribution in [1.82, 2.24) is 5.34 Å². The molecule has 4 heterocycles. The number of nitrogens with two attached hydrogens (primary N) is 7. The molecule has 0 saturated carbocycles. The number of alkyl halides is 1. The van der Waals surface area contributed by atoms with Crippen molar-refractivity contribution < 1.29 is 131 Å². The molecule has 234 valence electrons. The zero-order chi connectivity index (χ0) is 30.0.